The van der Waals surface area contributed by atoms with Crippen LogP contribution in [0.25, 0.3) is 0 Å². The molecule has 0 saturated carbocycles. The molecular formula is C8H15NOS. The first-order valence-corrected chi connectivity index (χ1v) is 4.07. The average Bonchev–Trinajstić information content (AvgIpc) is 1.82. The Morgan fingerprint density at radius 3 is 2.55 bits per heavy atom. The highest BCUT2D eigenvalue weighted by Gasteiger charge is 1.94. The van der Waals surface area contributed by atoms with Crippen molar-refractivity contribution >= 4 is 17.2 Å². The largest absolute Gasteiger partial charge is 0.393 e. The summed E-state index contributed by atoms with van der Waals surface area (Å²) in [6.45, 7) is 3.69. The summed E-state index contributed by atoms with van der Waals surface area (Å²) in [5.41, 5.74) is 6.45. The molecule has 0 aliphatic carbocycles. The predicted octanol–water partition coefficient (Wildman–Crippen LogP) is 1.38. The van der Waals surface area contributed by atoms with E-state index in [-0.39, 0.29) is 6.10 Å². The molecule has 0 aromatic heterocycles. The fourth-order valence-electron chi connectivity index (χ4n) is 0.815. The van der Waals surface area contributed by atoms with E-state index in [1.54, 1.807) is 13.0 Å². The van der Waals surface area contributed by atoms with Gasteiger partial charge in [0, 0.05) is 6.42 Å². The molecule has 0 fully saturated rings. The Hall–Kier alpha value is -0.410. The topological polar surface area (TPSA) is 46.2 Å². The molecule has 0 bridgehead atoms. The molecule has 1 atom stereocenters. The van der Waals surface area contributed by atoms with Crippen LogP contribution >= 0.6 is 12.2 Å². The number of rotatable bonds is 4. The first-order chi connectivity index (χ1) is 5.02. The molecule has 0 rings (SSSR count). The SMILES string of the molecule is CC(=CC(C)O)CCC(N)=S. The molecule has 0 aliphatic rings. The second kappa shape index (κ2) is 5.27. The first kappa shape index (κ1) is 10.6. The maximum absolute atomic E-state index is 8.95. The van der Waals surface area contributed by atoms with Gasteiger partial charge in [-0.2, -0.15) is 0 Å². The standard InChI is InChI=1S/C8H15NOS/c1-6(5-7(2)10)3-4-8(9)11/h5,7,10H,3-4H2,1-2H3,(H2,9,11). The van der Waals surface area contributed by atoms with E-state index in [9.17, 15) is 0 Å². The van der Waals surface area contributed by atoms with Crippen molar-refractivity contribution in [2.75, 3.05) is 0 Å². The Morgan fingerprint density at radius 1 is 1.64 bits per heavy atom. The second-order valence-electron chi connectivity index (χ2n) is 2.72. The van der Waals surface area contributed by atoms with E-state index >= 15 is 0 Å². The van der Waals surface area contributed by atoms with Crippen molar-refractivity contribution in [2.24, 2.45) is 5.73 Å². The summed E-state index contributed by atoms with van der Waals surface area (Å²) < 4.78 is 0. The monoisotopic (exact) mass is 173 g/mol. The van der Waals surface area contributed by atoms with Crippen molar-refractivity contribution < 1.29 is 5.11 Å². The van der Waals surface area contributed by atoms with Crippen LogP contribution in [0.4, 0.5) is 0 Å². The number of allylic oxidation sites excluding steroid dienone is 1. The lowest BCUT2D eigenvalue weighted by molar-refractivity contribution is 0.243. The minimum absolute atomic E-state index is 0.374. The molecule has 64 valence electrons. The summed E-state index contributed by atoms with van der Waals surface area (Å²) in [7, 11) is 0. The minimum Gasteiger partial charge on any atom is -0.393 e. The molecule has 2 nitrogen and oxygen atoms in total. The Balaban J connectivity index is 3.68. The van der Waals surface area contributed by atoms with Crippen molar-refractivity contribution in [2.45, 2.75) is 32.8 Å². The third-order valence-corrected chi connectivity index (χ3v) is 1.50. The molecule has 0 aromatic carbocycles. The lowest BCUT2D eigenvalue weighted by Crippen LogP contribution is -2.07. The summed E-state index contributed by atoms with van der Waals surface area (Å²) in [5, 5.41) is 8.95. The maximum atomic E-state index is 8.95. The molecule has 0 aromatic rings. The van der Waals surface area contributed by atoms with E-state index in [0.29, 0.717) is 4.99 Å². The van der Waals surface area contributed by atoms with Gasteiger partial charge in [0.15, 0.2) is 0 Å². The number of aliphatic hydroxyl groups excluding tert-OH is 1. The van der Waals surface area contributed by atoms with Crippen LogP contribution in [0, 0.1) is 0 Å². The van der Waals surface area contributed by atoms with Crippen molar-refractivity contribution in [1.29, 1.82) is 0 Å². The van der Waals surface area contributed by atoms with Gasteiger partial charge in [0.2, 0.25) is 0 Å². The van der Waals surface area contributed by atoms with E-state index in [4.69, 9.17) is 23.1 Å². The van der Waals surface area contributed by atoms with Crippen molar-refractivity contribution in [3.05, 3.63) is 11.6 Å². The zero-order valence-corrected chi connectivity index (χ0v) is 7.82. The van der Waals surface area contributed by atoms with Crippen LogP contribution < -0.4 is 5.73 Å². The fourth-order valence-corrected chi connectivity index (χ4v) is 0.918. The van der Waals surface area contributed by atoms with Gasteiger partial charge in [-0.05, 0) is 20.3 Å². The van der Waals surface area contributed by atoms with Crippen LogP contribution in [0.5, 0.6) is 0 Å². The summed E-state index contributed by atoms with van der Waals surface area (Å²) in [6, 6.07) is 0. The number of aliphatic hydroxyl groups is 1. The second-order valence-corrected chi connectivity index (χ2v) is 3.24. The van der Waals surface area contributed by atoms with Gasteiger partial charge in [-0.15, -0.1) is 0 Å². The lowest BCUT2D eigenvalue weighted by Gasteiger charge is -2.01. The summed E-state index contributed by atoms with van der Waals surface area (Å²) in [6.07, 6.45) is 3.00. The third-order valence-electron chi connectivity index (χ3n) is 1.29. The summed E-state index contributed by atoms with van der Waals surface area (Å²) in [5.74, 6) is 0. The van der Waals surface area contributed by atoms with E-state index in [2.05, 4.69) is 0 Å². The third kappa shape index (κ3) is 7.49. The van der Waals surface area contributed by atoms with Gasteiger partial charge >= 0.3 is 0 Å². The molecule has 0 radical (unpaired) electrons. The molecule has 0 saturated heterocycles. The fraction of sp³-hybridized carbons (Fsp3) is 0.625. The smallest absolute Gasteiger partial charge is 0.0730 e. The van der Waals surface area contributed by atoms with Gasteiger partial charge in [0.05, 0.1) is 11.1 Å². The predicted molar refractivity (Wildman–Crippen MR) is 51.5 cm³/mol. The molecule has 0 aliphatic heterocycles. The van der Waals surface area contributed by atoms with Gasteiger partial charge < -0.3 is 10.8 Å². The van der Waals surface area contributed by atoms with Crippen LogP contribution in [-0.2, 0) is 0 Å². The summed E-state index contributed by atoms with van der Waals surface area (Å²) >= 11 is 4.72. The van der Waals surface area contributed by atoms with Gasteiger partial charge in [-0.3, -0.25) is 0 Å². The Morgan fingerprint density at radius 2 is 2.18 bits per heavy atom. The van der Waals surface area contributed by atoms with Crippen LogP contribution in [0.2, 0.25) is 0 Å². The molecule has 3 N–H and O–H groups in total. The van der Waals surface area contributed by atoms with Gasteiger partial charge in [-0.25, -0.2) is 0 Å². The molecule has 3 heteroatoms. The molecular weight excluding hydrogens is 158 g/mol. The molecule has 0 spiro atoms. The van der Waals surface area contributed by atoms with Crippen LogP contribution in [0.3, 0.4) is 0 Å². The van der Waals surface area contributed by atoms with Gasteiger partial charge in [0.25, 0.3) is 0 Å². The normalized spacial score (nSPS) is 14.6. The van der Waals surface area contributed by atoms with Crippen molar-refractivity contribution in [3.63, 3.8) is 0 Å². The number of nitrogens with two attached hydrogens (primary N) is 1. The highest BCUT2D eigenvalue weighted by atomic mass is 32.1. The van der Waals surface area contributed by atoms with Crippen molar-refractivity contribution in [3.8, 4) is 0 Å². The molecule has 1 unspecified atom stereocenters. The number of thiocarbonyl (C=S) groups is 1. The Kier molecular flexibility index (Phi) is 5.07. The van der Waals surface area contributed by atoms with Crippen LogP contribution in [-0.4, -0.2) is 16.2 Å². The summed E-state index contributed by atoms with van der Waals surface area (Å²) in [4.78, 5) is 0.531. The molecule has 0 amide bonds. The van der Waals surface area contributed by atoms with E-state index in [0.717, 1.165) is 18.4 Å². The molecule has 11 heavy (non-hydrogen) atoms. The Bertz CT molecular complexity index is 163. The Labute approximate surface area is 73.1 Å². The average molecular weight is 173 g/mol. The molecule has 0 heterocycles. The highest BCUT2D eigenvalue weighted by Crippen LogP contribution is 2.04. The van der Waals surface area contributed by atoms with Gasteiger partial charge in [-0.1, -0.05) is 23.9 Å². The number of hydrogen-bond acceptors (Lipinski definition) is 2. The first-order valence-electron chi connectivity index (χ1n) is 3.66. The lowest BCUT2D eigenvalue weighted by atomic mass is 10.1. The minimum atomic E-state index is -0.374. The van der Waals surface area contributed by atoms with E-state index < -0.39 is 0 Å². The quantitative estimate of drug-likeness (QED) is 0.498. The zero-order valence-electron chi connectivity index (χ0n) is 7.00. The van der Waals surface area contributed by atoms with Crippen LogP contribution in [0.1, 0.15) is 26.7 Å². The highest BCUT2D eigenvalue weighted by molar-refractivity contribution is 7.80. The van der Waals surface area contributed by atoms with Crippen molar-refractivity contribution in [1.82, 2.24) is 0 Å². The van der Waals surface area contributed by atoms with Gasteiger partial charge in [0.1, 0.15) is 0 Å². The zero-order chi connectivity index (χ0) is 8.85. The van der Waals surface area contributed by atoms with Crippen LogP contribution in [0.15, 0.2) is 11.6 Å². The van der Waals surface area contributed by atoms with E-state index in [1.165, 1.54) is 0 Å². The number of hydrogen-bond donors (Lipinski definition) is 2. The van der Waals surface area contributed by atoms with E-state index in [1.807, 2.05) is 6.92 Å². The maximum Gasteiger partial charge on any atom is 0.0730 e.